The van der Waals surface area contributed by atoms with E-state index in [9.17, 15) is 0 Å². The van der Waals surface area contributed by atoms with Crippen molar-refractivity contribution in [1.82, 2.24) is 9.97 Å². The van der Waals surface area contributed by atoms with Gasteiger partial charge in [-0.25, -0.2) is 10.8 Å². The van der Waals surface area contributed by atoms with Crippen molar-refractivity contribution in [2.45, 2.75) is 39.0 Å². The lowest BCUT2D eigenvalue weighted by Gasteiger charge is -2.25. The number of nitrogens with two attached hydrogens (primary N) is 1. The van der Waals surface area contributed by atoms with Gasteiger partial charge in [0, 0.05) is 11.4 Å². The maximum Gasteiger partial charge on any atom is 0.240 e. The molecule has 0 atom stereocenters. The third-order valence-electron chi connectivity index (χ3n) is 3.99. The number of rotatable bonds is 6. The van der Waals surface area contributed by atoms with Crippen LogP contribution in [-0.4, -0.2) is 16.5 Å². The van der Waals surface area contributed by atoms with E-state index in [1.807, 2.05) is 0 Å². The number of anilines is 2. The fraction of sp³-hybridized carbons (Fsp3) is 0.571. The van der Waals surface area contributed by atoms with E-state index in [0.717, 1.165) is 34.9 Å². The molecule has 0 spiro atoms. The first-order chi connectivity index (χ1) is 9.80. The van der Waals surface area contributed by atoms with E-state index in [-0.39, 0.29) is 0 Å². The van der Waals surface area contributed by atoms with Gasteiger partial charge in [-0.3, -0.25) is 5.43 Å². The van der Waals surface area contributed by atoms with E-state index >= 15 is 0 Å². The number of hydrogen-bond donors (Lipinski definition) is 3. The molecule has 2 aromatic rings. The van der Waals surface area contributed by atoms with Crippen LogP contribution in [0, 0.1) is 5.92 Å². The van der Waals surface area contributed by atoms with Gasteiger partial charge >= 0.3 is 0 Å². The van der Waals surface area contributed by atoms with Crippen molar-refractivity contribution < 1.29 is 0 Å². The molecule has 2 heterocycles. The second kappa shape index (κ2) is 5.93. The predicted octanol–water partition coefficient (Wildman–Crippen LogP) is 3.14. The zero-order chi connectivity index (χ0) is 13.9. The molecule has 0 bridgehead atoms. The summed E-state index contributed by atoms with van der Waals surface area (Å²) >= 11 is 1.71. The maximum atomic E-state index is 5.46. The molecule has 1 saturated carbocycles. The molecule has 3 rings (SSSR count). The predicted molar refractivity (Wildman–Crippen MR) is 85.1 cm³/mol. The van der Waals surface area contributed by atoms with E-state index in [1.54, 1.807) is 11.3 Å². The van der Waals surface area contributed by atoms with Gasteiger partial charge < -0.3 is 5.32 Å². The molecular weight excluding hydrogens is 270 g/mol. The van der Waals surface area contributed by atoms with Crippen LogP contribution >= 0.6 is 11.3 Å². The molecule has 0 unspecified atom stereocenters. The van der Waals surface area contributed by atoms with E-state index in [4.69, 9.17) is 5.84 Å². The average molecular weight is 291 g/mol. The number of thiophene rings is 1. The number of hydrogen-bond acceptors (Lipinski definition) is 6. The fourth-order valence-corrected chi connectivity index (χ4v) is 3.49. The van der Waals surface area contributed by atoms with Gasteiger partial charge in [0.1, 0.15) is 10.6 Å². The summed E-state index contributed by atoms with van der Waals surface area (Å²) in [5.74, 6) is 7.74. The Bertz CT molecular complexity index is 591. The van der Waals surface area contributed by atoms with Crippen molar-refractivity contribution in [3.8, 4) is 0 Å². The number of nitrogens with one attached hydrogen (secondary N) is 2. The number of aromatic nitrogens is 2. The first kappa shape index (κ1) is 13.6. The quantitative estimate of drug-likeness (QED) is 0.563. The second-order valence-corrected chi connectivity index (χ2v) is 6.45. The minimum absolute atomic E-state index is 0.480. The highest BCUT2D eigenvalue weighted by Gasteiger charge is 2.17. The number of hydrazine groups is 1. The Morgan fingerprint density at radius 3 is 2.90 bits per heavy atom. The molecule has 2 aromatic heterocycles. The van der Waals surface area contributed by atoms with Crippen LogP contribution in [0.2, 0.25) is 0 Å². The van der Waals surface area contributed by atoms with E-state index in [2.05, 4.69) is 33.7 Å². The van der Waals surface area contributed by atoms with Crippen molar-refractivity contribution in [2.75, 3.05) is 17.3 Å². The summed E-state index contributed by atoms with van der Waals surface area (Å²) in [7, 11) is 0. The third-order valence-corrected chi connectivity index (χ3v) is 5.16. The molecule has 0 amide bonds. The van der Waals surface area contributed by atoms with Gasteiger partial charge in [0.05, 0.1) is 5.39 Å². The van der Waals surface area contributed by atoms with E-state index in [1.165, 1.54) is 30.6 Å². The minimum Gasteiger partial charge on any atom is -0.369 e. The van der Waals surface area contributed by atoms with Crippen molar-refractivity contribution in [3.05, 3.63) is 10.9 Å². The zero-order valence-electron chi connectivity index (χ0n) is 11.8. The number of nitrogen functional groups attached to an aromatic ring is 1. The molecule has 0 aromatic carbocycles. The molecule has 5 nitrogen and oxygen atoms in total. The highest BCUT2D eigenvalue weighted by Crippen LogP contribution is 2.32. The van der Waals surface area contributed by atoms with Crippen molar-refractivity contribution in [1.29, 1.82) is 0 Å². The lowest BCUT2D eigenvalue weighted by Crippen LogP contribution is -2.17. The molecule has 108 valence electrons. The van der Waals surface area contributed by atoms with Crippen LogP contribution in [0.4, 0.5) is 11.8 Å². The van der Waals surface area contributed by atoms with Crippen LogP contribution in [-0.2, 0) is 6.42 Å². The summed E-state index contributed by atoms with van der Waals surface area (Å²) in [4.78, 5) is 11.2. The molecule has 1 aliphatic rings. The average Bonchev–Trinajstić information content (AvgIpc) is 2.84. The van der Waals surface area contributed by atoms with Gasteiger partial charge in [-0.05, 0) is 24.8 Å². The summed E-state index contributed by atoms with van der Waals surface area (Å²) in [6, 6.07) is 2.19. The summed E-state index contributed by atoms with van der Waals surface area (Å²) in [6.07, 6.45) is 6.41. The monoisotopic (exact) mass is 291 g/mol. The molecule has 0 aliphatic heterocycles. The first-order valence-electron chi connectivity index (χ1n) is 7.31. The molecular formula is C14H21N5S. The van der Waals surface area contributed by atoms with Crippen LogP contribution in [0.15, 0.2) is 6.07 Å². The van der Waals surface area contributed by atoms with Crippen LogP contribution < -0.4 is 16.6 Å². The van der Waals surface area contributed by atoms with Gasteiger partial charge in [-0.1, -0.05) is 26.2 Å². The molecule has 0 radical (unpaired) electrons. The molecule has 6 heteroatoms. The van der Waals surface area contributed by atoms with Crippen molar-refractivity contribution in [2.24, 2.45) is 11.8 Å². The van der Waals surface area contributed by atoms with Crippen LogP contribution in [0.5, 0.6) is 0 Å². The van der Waals surface area contributed by atoms with Crippen LogP contribution in [0.3, 0.4) is 0 Å². The molecule has 0 saturated heterocycles. The number of aryl methyl sites for hydroxylation is 1. The number of fused-ring (bicyclic) bond motifs is 1. The zero-order valence-corrected chi connectivity index (χ0v) is 12.6. The Hall–Kier alpha value is -1.40. The maximum absolute atomic E-state index is 5.46. The normalized spacial score (nSPS) is 15.3. The second-order valence-electron chi connectivity index (χ2n) is 5.34. The van der Waals surface area contributed by atoms with Crippen LogP contribution in [0.25, 0.3) is 10.2 Å². The Balaban J connectivity index is 1.80. The minimum atomic E-state index is 0.480. The highest BCUT2D eigenvalue weighted by atomic mass is 32.1. The molecule has 1 aliphatic carbocycles. The lowest BCUT2D eigenvalue weighted by atomic mass is 9.83. The molecule has 20 heavy (non-hydrogen) atoms. The molecule has 1 fully saturated rings. The highest BCUT2D eigenvalue weighted by molar-refractivity contribution is 7.18. The van der Waals surface area contributed by atoms with Gasteiger partial charge in [-0.15, -0.1) is 11.3 Å². The van der Waals surface area contributed by atoms with Crippen molar-refractivity contribution >= 4 is 33.3 Å². The topological polar surface area (TPSA) is 75.9 Å². The van der Waals surface area contributed by atoms with Gasteiger partial charge in [-0.2, -0.15) is 4.98 Å². The molecule has 4 N–H and O–H groups in total. The van der Waals surface area contributed by atoms with Gasteiger partial charge in [0.15, 0.2) is 0 Å². The van der Waals surface area contributed by atoms with Crippen LogP contribution in [0.1, 0.15) is 37.5 Å². The lowest BCUT2D eigenvalue weighted by molar-refractivity contribution is 0.303. The Morgan fingerprint density at radius 1 is 1.40 bits per heavy atom. The Morgan fingerprint density at radius 2 is 2.25 bits per heavy atom. The van der Waals surface area contributed by atoms with E-state index in [0.29, 0.717) is 5.95 Å². The number of nitrogens with zero attached hydrogens (tertiary/aromatic N) is 2. The van der Waals surface area contributed by atoms with Crippen molar-refractivity contribution in [3.63, 3.8) is 0 Å². The summed E-state index contributed by atoms with van der Waals surface area (Å²) in [5.41, 5.74) is 2.55. The standard InChI is InChI=1S/C14H21N5S/c1-2-10-8-11-12(16-7-6-9-4-3-5-9)17-14(19-15)18-13(11)20-10/h8-9H,2-7,15H2,1H3,(H2,16,17,18,19). The van der Waals surface area contributed by atoms with E-state index < -0.39 is 0 Å². The Kier molecular flexibility index (Phi) is 4.03. The SMILES string of the molecule is CCc1cc2c(NCCC3CCC3)nc(NN)nc2s1. The summed E-state index contributed by atoms with van der Waals surface area (Å²) in [5, 5.41) is 4.57. The smallest absolute Gasteiger partial charge is 0.240 e. The first-order valence-corrected chi connectivity index (χ1v) is 8.12. The summed E-state index contributed by atoms with van der Waals surface area (Å²) < 4.78 is 0. The summed E-state index contributed by atoms with van der Waals surface area (Å²) in [6.45, 7) is 3.13. The van der Waals surface area contributed by atoms with Gasteiger partial charge in [0.25, 0.3) is 0 Å². The fourth-order valence-electron chi connectivity index (χ4n) is 2.52. The largest absolute Gasteiger partial charge is 0.369 e. The van der Waals surface area contributed by atoms with Gasteiger partial charge in [0.2, 0.25) is 5.95 Å². The third kappa shape index (κ3) is 2.71. The Labute approximate surface area is 123 Å².